The lowest BCUT2D eigenvalue weighted by Gasteiger charge is -2.22. The third-order valence-corrected chi connectivity index (χ3v) is 2.10. The number of carbonyl (C=O) groups is 2. The van der Waals surface area contributed by atoms with Gasteiger partial charge in [-0.1, -0.05) is 6.58 Å². The summed E-state index contributed by atoms with van der Waals surface area (Å²) >= 11 is 0. The standard InChI is InChI=1S/C10H18N2O3.BrH/c1-4-9(13)11-6-5-8(12(2)3)7-10(14)15;/h4,8H,1,5-7H2,2-3H3,(H,11,13)(H,14,15);1H. The molecule has 0 aliphatic heterocycles. The van der Waals surface area contributed by atoms with Gasteiger partial charge in [-0.05, 0) is 26.6 Å². The number of carboxylic acid groups (broad SMARTS) is 1. The van der Waals surface area contributed by atoms with Crippen LogP contribution in [0.4, 0.5) is 0 Å². The van der Waals surface area contributed by atoms with Crippen molar-refractivity contribution in [3.05, 3.63) is 12.7 Å². The molecule has 0 saturated carbocycles. The molecular weight excluding hydrogens is 276 g/mol. The Kier molecular flexibility index (Phi) is 10.2. The molecule has 0 aliphatic carbocycles. The van der Waals surface area contributed by atoms with Crippen LogP contribution in [-0.4, -0.2) is 48.6 Å². The minimum Gasteiger partial charge on any atom is -0.481 e. The summed E-state index contributed by atoms with van der Waals surface area (Å²) in [6, 6.07) is -0.0624. The topological polar surface area (TPSA) is 69.6 Å². The molecule has 5 nitrogen and oxygen atoms in total. The van der Waals surface area contributed by atoms with Crippen molar-refractivity contribution in [2.45, 2.75) is 18.9 Å². The number of carboxylic acids is 1. The number of nitrogens with one attached hydrogen (secondary N) is 1. The lowest BCUT2D eigenvalue weighted by atomic mass is 10.1. The normalized spacial score (nSPS) is 11.4. The maximum Gasteiger partial charge on any atom is 0.304 e. The van der Waals surface area contributed by atoms with E-state index in [4.69, 9.17) is 5.11 Å². The first kappa shape index (κ1) is 17.5. The average molecular weight is 295 g/mol. The van der Waals surface area contributed by atoms with Crippen LogP contribution < -0.4 is 5.32 Å². The van der Waals surface area contributed by atoms with Crippen LogP contribution in [0.2, 0.25) is 0 Å². The molecule has 0 aromatic carbocycles. The first-order valence-corrected chi connectivity index (χ1v) is 4.76. The van der Waals surface area contributed by atoms with E-state index in [2.05, 4.69) is 11.9 Å². The Morgan fingerprint density at radius 2 is 2.06 bits per heavy atom. The number of rotatable bonds is 7. The van der Waals surface area contributed by atoms with Crippen molar-refractivity contribution >= 4 is 28.9 Å². The fraction of sp³-hybridized carbons (Fsp3) is 0.600. The summed E-state index contributed by atoms with van der Waals surface area (Å²) in [6.45, 7) is 3.78. The highest BCUT2D eigenvalue weighted by Gasteiger charge is 2.14. The number of nitrogens with zero attached hydrogens (tertiary/aromatic N) is 1. The Morgan fingerprint density at radius 3 is 2.44 bits per heavy atom. The molecular formula is C10H19BrN2O3. The van der Waals surface area contributed by atoms with Crippen molar-refractivity contribution in [3.8, 4) is 0 Å². The van der Waals surface area contributed by atoms with Gasteiger partial charge in [0, 0.05) is 12.6 Å². The molecule has 6 heteroatoms. The van der Waals surface area contributed by atoms with E-state index in [0.29, 0.717) is 13.0 Å². The van der Waals surface area contributed by atoms with E-state index >= 15 is 0 Å². The van der Waals surface area contributed by atoms with Gasteiger partial charge >= 0.3 is 5.97 Å². The van der Waals surface area contributed by atoms with Crippen LogP contribution in [0.3, 0.4) is 0 Å². The maximum absolute atomic E-state index is 10.8. The minimum atomic E-state index is -0.830. The second-order valence-corrected chi connectivity index (χ2v) is 3.50. The van der Waals surface area contributed by atoms with Crippen molar-refractivity contribution in [2.24, 2.45) is 0 Å². The molecule has 0 aromatic heterocycles. The molecule has 0 spiro atoms. The Hall–Kier alpha value is -0.880. The van der Waals surface area contributed by atoms with Crippen LogP contribution in [0, 0.1) is 0 Å². The van der Waals surface area contributed by atoms with E-state index in [1.807, 2.05) is 19.0 Å². The van der Waals surface area contributed by atoms with Crippen LogP contribution in [0.25, 0.3) is 0 Å². The van der Waals surface area contributed by atoms with Gasteiger partial charge in [0.15, 0.2) is 0 Å². The predicted octanol–water partition coefficient (Wildman–Crippen LogP) is 0.661. The van der Waals surface area contributed by atoms with Crippen molar-refractivity contribution < 1.29 is 14.7 Å². The summed E-state index contributed by atoms with van der Waals surface area (Å²) in [5.41, 5.74) is 0. The summed E-state index contributed by atoms with van der Waals surface area (Å²) in [7, 11) is 3.64. The van der Waals surface area contributed by atoms with Crippen LogP contribution in [0.15, 0.2) is 12.7 Å². The second-order valence-electron chi connectivity index (χ2n) is 3.50. The average Bonchev–Trinajstić information content (AvgIpc) is 2.15. The predicted molar refractivity (Wildman–Crippen MR) is 67.9 cm³/mol. The molecule has 1 unspecified atom stereocenters. The molecule has 0 aromatic rings. The molecule has 0 rings (SSSR count). The summed E-state index contributed by atoms with van der Waals surface area (Å²) in [5.74, 6) is -1.06. The number of halogens is 1. The molecule has 0 radical (unpaired) electrons. The number of hydrogen-bond acceptors (Lipinski definition) is 3. The summed E-state index contributed by atoms with van der Waals surface area (Å²) < 4.78 is 0. The molecule has 0 heterocycles. The van der Waals surface area contributed by atoms with E-state index in [1.165, 1.54) is 6.08 Å². The lowest BCUT2D eigenvalue weighted by Crippen LogP contribution is -2.34. The SMILES string of the molecule is Br.C=CC(=O)NCCC(CC(=O)O)N(C)C. The third kappa shape index (κ3) is 8.43. The Bertz CT molecular complexity index is 244. The van der Waals surface area contributed by atoms with Gasteiger partial charge in [-0.25, -0.2) is 0 Å². The zero-order chi connectivity index (χ0) is 11.8. The van der Waals surface area contributed by atoms with Gasteiger partial charge in [-0.3, -0.25) is 9.59 Å². The molecule has 0 aliphatic rings. The Morgan fingerprint density at radius 1 is 1.50 bits per heavy atom. The highest BCUT2D eigenvalue weighted by atomic mass is 79.9. The monoisotopic (exact) mass is 294 g/mol. The highest BCUT2D eigenvalue weighted by molar-refractivity contribution is 8.93. The number of hydrogen-bond donors (Lipinski definition) is 2. The van der Waals surface area contributed by atoms with Crippen LogP contribution in [0.5, 0.6) is 0 Å². The summed E-state index contributed by atoms with van der Waals surface area (Å²) in [4.78, 5) is 23.2. The lowest BCUT2D eigenvalue weighted by molar-refractivity contribution is -0.138. The van der Waals surface area contributed by atoms with Crippen LogP contribution >= 0.6 is 17.0 Å². The Labute approximate surface area is 106 Å². The van der Waals surface area contributed by atoms with E-state index in [-0.39, 0.29) is 35.4 Å². The fourth-order valence-corrected chi connectivity index (χ4v) is 1.18. The Balaban J connectivity index is 0. The third-order valence-electron chi connectivity index (χ3n) is 2.10. The quantitative estimate of drug-likeness (QED) is 0.677. The molecule has 16 heavy (non-hydrogen) atoms. The van der Waals surface area contributed by atoms with E-state index < -0.39 is 5.97 Å². The van der Waals surface area contributed by atoms with Gasteiger partial charge in [-0.2, -0.15) is 0 Å². The first-order chi connectivity index (χ1) is 6.97. The molecule has 94 valence electrons. The maximum atomic E-state index is 10.8. The van der Waals surface area contributed by atoms with Gasteiger partial charge in [0.1, 0.15) is 0 Å². The first-order valence-electron chi connectivity index (χ1n) is 4.76. The molecule has 2 N–H and O–H groups in total. The molecule has 0 saturated heterocycles. The summed E-state index contributed by atoms with van der Waals surface area (Å²) in [6.07, 6.45) is 1.89. The van der Waals surface area contributed by atoms with Crippen molar-refractivity contribution in [2.75, 3.05) is 20.6 Å². The van der Waals surface area contributed by atoms with E-state index in [0.717, 1.165) is 0 Å². The zero-order valence-corrected chi connectivity index (χ0v) is 11.3. The zero-order valence-electron chi connectivity index (χ0n) is 9.60. The number of amides is 1. The van der Waals surface area contributed by atoms with E-state index in [9.17, 15) is 9.59 Å². The van der Waals surface area contributed by atoms with Gasteiger partial charge in [-0.15, -0.1) is 17.0 Å². The van der Waals surface area contributed by atoms with Crippen LogP contribution in [-0.2, 0) is 9.59 Å². The largest absolute Gasteiger partial charge is 0.481 e. The molecule has 0 bridgehead atoms. The van der Waals surface area contributed by atoms with Gasteiger partial charge in [0.25, 0.3) is 0 Å². The van der Waals surface area contributed by atoms with Crippen molar-refractivity contribution in [1.82, 2.24) is 10.2 Å². The summed E-state index contributed by atoms with van der Waals surface area (Å²) in [5, 5.41) is 11.3. The highest BCUT2D eigenvalue weighted by Crippen LogP contribution is 2.04. The van der Waals surface area contributed by atoms with Crippen molar-refractivity contribution in [3.63, 3.8) is 0 Å². The van der Waals surface area contributed by atoms with Crippen molar-refractivity contribution in [1.29, 1.82) is 0 Å². The van der Waals surface area contributed by atoms with E-state index in [1.54, 1.807) is 0 Å². The molecule has 0 fully saturated rings. The molecule has 1 amide bonds. The number of carbonyl (C=O) groups excluding carboxylic acids is 1. The van der Waals surface area contributed by atoms with Gasteiger partial charge < -0.3 is 15.3 Å². The van der Waals surface area contributed by atoms with Crippen LogP contribution in [0.1, 0.15) is 12.8 Å². The molecule has 1 atom stereocenters. The smallest absolute Gasteiger partial charge is 0.304 e. The second kappa shape index (κ2) is 9.35. The number of aliphatic carboxylic acids is 1. The van der Waals surface area contributed by atoms with Gasteiger partial charge in [0.2, 0.25) is 5.91 Å². The minimum absolute atomic E-state index is 0. The fourth-order valence-electron chi connectivity index (χ4n) is 1.18. The van der Waals surface area contributed by atoms with Gasteiger partial charge in [0.05, 0.1) is 6.42 Å².